The molecule has 1 amide bonds. The van der Waals surface area contributed by atoms with Gasteiger partial charge in [-0.05, 0) is 30.3 Å². The van der Waals surface area contributed by atoms with E-state index in [9.17, 15) is 9.90 Å². The summed E-state index contributed by atoms with van der Waals surface area (Å²) < 4.78 is 5.01. The summed E-state index contributed by atoms with van der Waals surface area (Å²) in [5.74, 6) is -0.294. The first-order chi connectivity index (χ1) is 9.92. The van der Waals surface area contributed by atoms with Gasteiger partial charge in [0.15, 0.2) is 5.75 Å². The van der Waals surface area contributed by atoms with Crippen molar-refractivity contribution in [2.24, 2.45) is 0 Å². The molecule has 2 N–H and O–H groups in total. The molecule has 0 unspecified atom stereocenters. The van der Waals surface area contributed by atoms with Crippen LogP contribution in [0.15, 0.2) is 30.3 Å². The number of hydrogen-bond donors (Lipinski definition) is 2. The van der Waals surface area contributed by atoms with Gasteiger partial charge in [0, 0.05) is 10.6 Å². The zero-order chi connectivity index (χ0) is 15.6. The first kappa shape index (κ1) is 15.8. The number of halogens is 3. The lowest BCUT2D eigenvalue weighted by Gasteiger charge is -2.10. The molecule has 0 aromatic heterocycles. The van der Waals surface area contributed by atoms with Gasteiger partial charge in [0.2, 0.25) is 0 Å². The molecule has 0 aliphatic heterocycles. The normalized spacial score (nSPS) is 10.3. The minimum Gasteiger partial charge on any atom is -0.506 e. The zero-order valence-corrected chi connectivity index (χ0v) is 13.1. The molecule has 0 saturated heterocycles. The second-order valence-electron chi connectivity index (χ2n) is 4.09. The van der Waals surface area contributed by atoms with Crippen molar-refractivity contribution in [3.05, 3.63) is 51.0 Å². The van der Waals surface area contributed by atoms with Crippen molar-refractivity contribution >= 4 is 46.4 Å². The van der Waals surface area contributed by atoms with Crippen LogP contribution < -0.4 is 10.1 Å². The van der Waals surface area contributed by atoms with E-state index < -0.39 is 5.91 Å². The number of phenols is 1. The topological polar surface area (TPSA) is 58.6 Å². The molecule has 2 rings (SSSR count). The maximum absolute atomic E-state index is 12.2. The molecule has 2 aromatic rings. The first-order valence-corrected chi connectivity index (χ1v) is 6.88. The molecule has 4 nitrogen and oxygen atoms in total. The van der Waals surface area contributed by atoms with E-state index in [2.05, 4.69) is 5.32 Å². The number of hydrogen-bond acceptors (Lipinski definition) is 3. The van der Waals surface area contributed by atoms with Gasteiger partial charge in [-0.3, -0.25) is 4.79 Å². The number of rotatable bonds is 3. The van der Waals surface area contributed by atoms with Crippen molar-refractivity contribution < 1.29 is 14.6 Å². The Morgan fingerprint density at radius 2 is 1.76 bits per heavy atom. The molecule has 0 fully saturated rings. The molecule has 2 aromatic carbocycles. The van der Waals surface area contributed by atoms with E-state index in [1.807, 2.05) is 0 Å². The van der Waals surface area contributed by atoms with E-state index >= 15 is 0 Å². The molecule has 0 bridgehead atoms. The van der Waals surface area contributed by atoms with E-state index in [0.29, 0.717) is 10.8 Å². The lowest BCUT2D eigenvalue weighted by atomic mass is 10.2. The highest BCUT2D eigenvalue weighted by Gasteiger charge is 2.15. The van der Waals surface area contributed by atoms with Crippen LogP contribution in [0.25, 0.3) is 0 Å². The van der Waals surface area contributed by atoms with E-state index in [-0.39, 0.29) is 27.0 Å². The highest BCUT2D eigenvalue weighted by atomic mass is 35.5. The molecule has 21 heavy (non-hydrogen) atoms. The molecule has 7 heteroatoms. The van der Waals surface area contributed by atoms with Crippen LogP contribution in [-0.4, -0.2) is 18.1 Å². The quantitative estimate of drug-likeness (QED) is 0.798. The van der Waals surface area contributed by atoms with E-state index in [1.165, 1.54) is 37.4 Å². The monoisotopic (exact) mass is 345 g/mol. The molecule has 0 radical (unpaired) electrons. The third-order valence-electron chi connectivity index (χ3n) is 2.67. The predicted molar refractivity (Wildman–Crippen MR) is 84.1 cm³/mol. The smallest absolute Gasteiger partial charge is 0.255 e. The van der Waals surface area contributed by atoms with Crippen LogP contribution in [0.2, 0.25) is 15.1 Å². The SMILES string of the molecule is COc1c(Cl)cc(C(=O)Nc2cc(Cl)ccc2O)cc1Cl. The van der Waals surface area contributed by atoms with Gasteiger partial charge in [-0.1, -0.05) is 34.8 Å². The van der Waals surface area contributed by atoms with Crippen molar-refractivity contribution in [3.8, 4) is 11.5 Å². The van der Waals surface area contributed by atoms with Gasteiger partial charge >= 0.3 is 0 Å². The number of carbonyl (C=O) groups is 1. The highest BCUT2D eigenvalue weighted by Crippen LogP contribution is 2.34. The van der Waals surface area contributed by atoms with Crippen LogP contribution in [0.5, 0.6) is 11.5 Å². The van der Waals surface area contributed by atoms with Crippen molar-refractivity contribution in [2.45, 2.75) is 0 Å². The number of benzene rings is 2. The number of carbonyl (C=O) groups excluding carboxylic acids is 1. The standard InChI is InChI=1S/C14H10Cl3NO3/c1-21-13-9(16)4-7(5-10(13)17)14(20)18-11-6-8(15)2-3-12(11)19/h2-6,19H,1H3,(H,18,20). The van der Waals surface area contributed by atoms with Gasteiger partial charge in [-0.25, -0.2) is 0 Å². The predicted octanol–water partition coefficient (Wildman–Crippen LogP) is 4.61. The van der Waals surface area contributed by atoms with Gasteiger partial charge < -0.3 is 15.2 Å². The van der Waals surface area contributed by atoms with Gasteiger partial charge in [0.1, 0.15) is 5.75 Å². The Morgan fingerprint density at radius 3 is 2.33 bits per heavy atom. The number of amides is 1. The van der Waals surface area contributed by atoms with Crippen molar-refractivity contribution in [2.75, 3.05) is 12.4 Å². The van der Waals surface area contributed by atoms with Crippen LogP contribution in [0, 0.1) is 0 Å². The number of ether oxygens (including phenoxy) is 1. The zero-order valence-electron chi connectivity index (χ0n) is 10.8. The Balaban J connectivity index is 2.31. The fourth-order valence-corrected chi connectivity index (χ4v) is 2.50. The number of nitrogens with one attached hydrogen (secondary N) is 1. The number of phenolic OH excluding ortho intramolecular Hbond substituents is 1. The summed E-state index contributed by atoms with van der Waals surface area (Å²) in [5, 5.41) is 13.0. The minimum absolute atomic E-state index is 0.0987. The van der Waals surface area contributed by atoms with Crippen LogP contribution >= 0.6 is 34.8 Å². The van der Waals surface area contributed by atoms with Gasteiger partial charge in [-0.2, -0.15) is 0 Å². The average Bonchev–Trinajstić information content (AvgIpc) is 2.42. The molecule has 0 heterocycles. The lowest BCUT2D eigenvalue weighted by Crippen LogP contribution is -2.12. The van der Waals surface area contributed by atoms with Crippen LogP contribution in [-0.2, 0) is 0 Å². The largest absolute Gasteiger partial charge is 0.506 e. The summed E-state index contributed by atoms with van der Waals surface area (Å²) in [6.07, 6.45) is 0. The molecular formula is C14H10Cl3NO3. The number of aromatic hydroxyl groups is 1. The maximum Gasteiger partial charge on any atom is 0.255 e. The van der Waals surface area contributed by atoms with Crippen molar-refractivity contribution in [3.63, 3.8) is 0 Å². The van der Waals surface area contributed by atoms with Gasteiger partial charge in [0.05, 0.1) is 22.8 Å². The summed E-state index contributed by atoms with van der Waals surface area (Å²) in [5.41, 5.74) is 0.417. The third kappa shape index (κ3) is 3.53. The molecule has 110 valence electrons. The van der Waals surface area contributed by atoms with Crippen molar-refractivity contribution in [1.29, 1.82) is 0 Å². The third-order valence-corrected chi connectivity index (χ3v) is 3.47. The first-order valence-electron chi connectivity index (χ1n) is 5.75. The Hall–Kier alpha value is -1.62. The van der Waals surface area contributed by atoms with Crippen molar-refractivity contribution in [1.82, 2.24) is 0 Å². The molecule has 0 aliphatic rings. The Morgan fingerprint density at radius 1 is 1.14 bits per heavy atom. The second kappa shape index (κ2) is 6.43. The second-order valence-corrected chi connectivity index (χ2v) is 5.34. The van der Waals surface area contributed by atoms with E-state index in [4.69, 9.17) is 39.5 Å². The average molecular weight is 347 g/mol. The summed E-state index contributed by atoms with van der Waals surface area (Å²) in [6.45, 7) is 0. The summed E-state index contributed by atoms with van der Waals surface area (Å²) in [7, 11) is 1.43. The summed E-state index contributed by atoms with van der Waals surface area (Å²) in [6, 6.07) is 7.16. The van der Waals surface area contributed by atoms with E-state index in [0.717, 1.165) is 0 Å². The lowest BCUT2D eigenvalue weighted by molar-refractivity contribution is 0.102. The van der Waals surface area contributed by atoms with Crippen LogP contribution in [0.3, 0.4) is 0 Å². The van der Waals surface area contributed by atoms with Gasteiger partial charge in [-0.15, -0.1) is 0 Å². The Bertz CT molecular complexity index is 681. The molecule has 0 spiro atoms. The Labute approximate surface area is 136 Å². The van der Waals surface area contributed by atoms with E-state index in [1.54, 1.807) is 0 Å². The minimum atomic E-state index is -0.487. The molecule has 0 atom stereocenters. The highest BCUT2D eigenvalue weighted by molar-refractivity contribution is 6.38. The fourth-order valence-electron chi connectivity index (χ4n) is 1.69. The summed E-state index contributed by atoms with van der Waals surface area (Å²) >= 11 is 17.8. The Kier molecular flexibility index (Phi) is 4.83. The fraction of sp³-hybridized carbons (Fsp3) is 0.0714. The van der Waals surface area contributed by atoms with Gasteiger partial charge in [0.25, 0.3) is 5.91 Å². The molecule has 0 saturated carbocycles. The van der Waals surface area contributed by atoms with Crippen LogP contribution in [0.4, 0.5) is 5.69 Å². The number of methoxy groups -OCH3 is 1. The summed E-state index contributed by atoms with van der Waals surface area (Å²) in [4.78, 5) is 12.2. The molecular weight excluding hydrogens is 337 g/mol. The molecule has 0 aliphatic carbocycles. The maximum atomic E-state index is 12.2. The van der Waals surface area contributed by atoms with Crippen LogP contribution in [0.1, 0.15) is 10.4 Å². The number of anilines is 1.